The first-order valence-corrected chi connectivity index (χ1v) is 7.44. The maximum Gasteiger partial charge on any atom is 0.339 e. The number of ether oxygens (including phenoxy) is 1. The summed E-state index contributed by atoms with van der Waals surface area (Å²) < 4.78 is 6.69. The van der Waals surface area contributed by atoms with E-state index < -0.39 is 5.97 Å². The summed E-state index contributed by atoms with van der Waals surface area (Å²) >= 11 is 3.29. The van der Waals surface area contributed by atoms with Gasteiger partial charge in [0.1, 0.15) is 11.3 Å². The Hall–Kier alpha value is -1.03. The van der Waals surface area contributed by atoms with E-state index in [0.29, 0.717) is 17.6 Å². The Morgan fingerprint density at radius 2 is 1.89 bits per heavy atom. The summed E-state index contributed by atoms with van der Waals surface area (Å²) in [6, 6.07) is 5.14. The Bertz CT molecular complexity index is 462. The second-order valence-corrected chi connectivity index (χ2v) is 6.52. The van der Waals surface area contributed by atoms with Crippen LogP contribution in [0.4, 0.5) is 0 Å². The minimum absolute atomic E-state index is 0.123. The molecule has 2 atom stereocenters. The molecule has 0 amide bonds. The molecule has 1 N–H and O–H groups in total. The third-order valence-corrected chi connectivity index (χ3v) is 4.09. The molecule has 0 spiro atoms. The zero-order valence-electron chi connectivity index (χ0n) is 11.2. The quantitative estimate of drug-likeness (QED) is 0.898. The van der Waals surface area contributed by atoms with Crippen molar-refractivity contribution in [3.05, 3.63) is 28.2 Å². The SMILES string of the molecule is CC1CC(C)CC(Oc2ccc(Br)cc2C(=O)O)C1. The van der Waals surface area contributed by atoms with Gasteiger partial charge in [-0.1, -0.05) is 29.8 Å². The third-order valence-electron chi connectivity index (χ3n) is 3.60. The lowest BCUT2D eigenvalue weighted by molar-refractivity contribution is 0.0676. The summed E-state index contributed by atoms with van der Waals surface area (Å²) in [5.74, 6) is 0.796. The first-order valence-electron chi connectivity index (χ1n) is 6.65. The fourth-order valence-corrected chi connectivity index (χ4v) is 3.28. The molecule has 0 heterocycles. The van der Waals surface area contributed by atoms with Gasteiger partial charge < -0.3 is 9.84 Å². The molecule has 1 aliphatic rings. The molecule has 0 bridgehead atoms. The lowest BCUT2D eigenvalue weighted by Gasteiger charge is -2.32. The van der Waals surface area contributed by atoms with E-state index in [1.807, 2.05) is 6.07 Å². The number of hydrogen-bond acceptors (Lipinski definition) is 2. The summed E-state index contributed by atoms with van der Waals surface area (Å²) in [5, 5.41) is 9.22. The van der Waals surface area contributed by atoms with Crippen molar-refractivity contribution in [2.24, 2.45) is 11.8 Å². The molecule has 1 aromatic rings. The Morgan fingerprint density at radius 1 is 1.26 bits per heavy atom. The Labute approximate surface area is 122 Å². The van der Waals surface area contributed by atoms with Crippen LogP contribution in [0.5, 0.6) is 5.75 Å². The number of rotatable bonds is 3. The zero-order valence-corrected chi connectivity index (χ0v) is 12.8. The van der Waals surface area contributed by atoms with Crippen molar-refractivity contribution in [2.75, 3.05) is 0 Å². The molecule has 4 heteroatoms. The maximum absolute atomic E-state index is 11.2. The largest absolute Gasteiger partial charge is 0.490 e. The van der Waals surface area contributed by atoms with Crippen LogP contribution in [0.1, 0.15) is 43.5 Å². The maximum atomic E-state index is 11.2. The van der Waals surface area contributed by atoms with Crippen molar-refractivity contribution in [3.63, 3.8) is 0 Å². The average molecular weight is 327 g/mol. The van der Waals surface area contributed by atoms with Crippen LogP contribution in [-0.4, -0.2) is 17.2 Å². The van der Waals surface area contributed by atoms with Gasteiger partial charge in [0.25, 0.3) is 0 Å². The first-order chi connectivity index (χ1) is 8.95. The van der Waals surface area contributed by atoms with E-state index in [1.54, 1.807) is 12.1 Å². The molecule has 0 saturated heterocycles. The fraction of sp³-hybridized carbons (Fsp3) is 0.533. The molecule has 1 aliphatic carbocycles. The van der Waals surface area contributed by atoms with Gasteiger partial charge in [0.05, 0.1) is 6.10 Å². The van der Waals surface area contributed by atoms with Gasteiger partial charge in [-0.25, -0.2) is 4.79 Å². The van der Waals surface area contributed by atoms with Crippen molar-refractivity contribution >= 4 is 21.9 Å². The number of aromatic carboxylic acids is 1. The van der Waals surface area contributed by atoms with E-state index in [1.165, 1.54) is 6.42 Å². The average Bonchev–Trinajstić information content (AvgIpc) is 2.30. The molecule has 1 fully saturated rings. The van der Waals surface area contributed by atoms with Crippen LogP contribution < -0.4 is 4.74 Å². The summed E-state index contributed by atoms with van der Waals surface area (Å²) in [6.07, 6.45) is 3.35. The normalized spacial score (nSPS) is 27.0. The number of carboxylic acid groups (broad SMARTS) is 1. The Balaban J connectivity index is 2.16. The van der Waals surface area contributed by atoms with E-state index in [2.05, 4.69) is 29.8 Å². The highest BCUT2D eigenvalue weighted by Gasteiger charge is 2.26. The highest BCUT2D eigenvalue weighted by Crippen LogP contribution is 2.33. The molecule has 0 aromatic heterocycles. The number of halogens is 1. The molecule has 104 valence electrons. The Morgan fingerprint density at radius 3 is 2.47 bits per heavy atom. The van der Waals surface area contributed by atoms with Crippen LogP contribution in [0.3, 0.4) is 0 Å². The van der Waals surface area contributed by atoms with Crippen LogP contribution in [0.15, 0.2) is 22.7 Å². The van der Waals surface area contributed by atoms with E-state index >= 15 is 0 Å². The molecule has 3 nitrogen and oxygen atoms in total. The minimum atomic E-state index is -0.951. The summed E-state index contributed by atoms with van der Waals surface area (Å²) in [6.45, 7) is 4.46. The highest BCUT2D eigenvalue weighted by atomic mass is 79.9. The second-order valence-electron chi connectivity index (χ2n) is 5.60. The summed E-state index contributed by atoms with van der Waals surface area (Å²) in [7, 11) is 0. The number of carbonyl (C=O) groups is 1. The predicted octanol–water partition coefficient (Wildman–Crippen LogP) is 4.35. The Kier molecular flexibility index (Phi) is 4.50. The van der Waals surface area contributed by atoms with Gasteiger partial charge in [-0.05, 0) is 49.3 Å². The number of carboxylic acids is 1. The van der Waals surface area contributed by atoms with Gasteiger partial charge in [-0.3, -0.25) is 0 Å². The minimum Gasteiger partial charge on any atom is -0.490 e. The molecule has 0 aliphatic heterocycles. The van der Waals surface area contributed by atoms with Gasteiger partial charge >= 0.3 is 5.97 Å². The molecule has 2 rings (SSSR count). The van der Waals surface area contributed by atoms with Crippen molar-refractivity contribution in [2.45, 2.75) is 39.2 Å². The predicted molar refractivity (Wildman–Crippen MR) is 77.7 cm³/mol. The standard InChI is InChI=1S/C15H19BrO3/c1-9-5-10(2)7-12(6-9)19-14-4-3-11(16)8-13(14)15(17)18/h3-4,8-10,12H,5-7H2,1-2H3,(H,17,18). The van der Waals surface area contributed by atoms with Gasteiger partial charge in [0.15, 0.2) is 0 Å². The van der Waals surface area contributed by atoms with Crippen LogP contribution >= 0.6 is 15.9 Å². The topological polar surface area (TPSA) is 46.5 Å². The van der Waals surface area contributed by atoms with Gasteiger partial charge in [0.2, 0.25) is 0 Å². The van der Waals surface area contributed by atoms with Gasteiger partial charge in [0, 0.05) is 4.47 Å². The van der Waals surface area contributed by atoms with Crippen LogP contribution in [0.2, 0.25) is 0 Å². The lowest BCUT2D eigenvalue weighted by atomic mass is 9.82. The van der Waals surface area contributed by atoms with E-state index in [9.17, 15) is 9.90 Å². The molecular formula is C15H19BrO3. The van der Waals surface area contributed by atoms with Crippen LogP contribution in [-0.2, 0) is 0 Å². The summed E-state index contributed by atoms with van der Waals surface area (Å²) in [4.78, 5) is 11.2. The number of hydrogen-bond donors (Lipinski definition) is 1. The van der Waals surface area contributed by atoms with Crippen LogP contribution in [0, 0.1) is 11.8 Å². The smallest absolute Gasteiger partial charge is 0.339 e. The molecular weight excluding hydrogens is 308 g/mol. The lowest BCUT2D eigenvalue weighted by Crippen LogP contribution is -2.29. The molecule has 19 heavy (non-hydrogen) atoms. The zero-order chi connectivity index (χ0) is 14.0. The van der Waals surface area contributed by atoms with Crippen molar-refractivity contribution < 1.29 is 14.6 Å². The van der Waals surface area contributed by atoms with Crippen molar-refractivity contribution in [3.8, 4) is 5.75 Å². The van der Waals surface area contributed by atoms with Crippen molar-refractivity contribution in [1.29, 1.82) is 0 Å². The molecule has 0 radical (unpaired) electrons. The number of benzene rings is 1. The first kappa shape index (κ1) is 14.4. The highest BCUT2D eigenvalue weighted by molar-refractivity contribution is 9.10. The third kappa shape index (κ3) is 3.72. The second kappa shape index (κ2) is 5.95. The summed E-state index contributed by atoms with van der Waals surface area (Å²) in [5.41, 5.74) is 0.222. The molecule has 2 unspecified atom stereocenters. The fourth-order valence-electron chi connectivity index (χ4n) is 2.92. The molecule has 1 saturated carbocycles. The van der Waals surface area contributed by atoms with E-state index in [-0.39, 0.29) is 11.7 Å². The van der Waals surface area contributed by atoms with E-state index in [0.717, 1.165) is 17.3 Å². The van der Waals surface area contributed by atoms with Crippen molar-refractivity contribution in [1.82, 2.24) is 0 Å². The van der Waals surface area contributed by atoms with E-state index in [4.69, 9.17) is 4.74 Å². The van der Waals surface area contributed by atoms with Gasteiger partial charge in [-0.15, -0.1) is 0 Å². The monoisotopic (exact) mass is 326 g/mol. The van der Waals surface area contributed by atoms with Gasteiger partial charge in [-0.2, -0.15) is 0 Å². The molecule has 1 aromatic carbocycles. The van der Waals surface area contributed by atoms with Crippen LogP contribution in [0.25, 0.3) is 0 Å².